The van der Waals surface area contributed by atoms with Crippen LogP contribution in [0.15, 0.2) is 18.2 Å². The summed E-state index contributed by atoms with van der Waals surface area (Å²) in [5.74, 6) is -0.462. The van der Waals surface area contributed by atoms with Crippen LogP contribution in [0.1, 0.15) is 24.5 Å². The van der Waals surface area contributed by atoms with Crippen LogP contribution in [-0.4, -0.2) is 15.0 Å². The van der Waals surface area contributed by atoms with E-state index in [0.717, 1.165) is 0 Å². The van der Waals surface area contributed by atoms with E-state index < -0.39 is 16.0 Å². The van der Waals surface area contributed by atoms with Gasteiger partial charge in [-0.2, -0.15) is 13.1 Å². The highest BCUT2D eigenvalue weighted by Gasteiger charge is 2.10. The van der Waals surface area contributed by atoms with Crippen LogP contribution >= 0.6 is 0 Å². The first-order valence-corrected chi connectivity index (χ1v) is 7.18. The second-order valence-corrected chi connectivity index (χ2v) is 5.43. The Labute approximate surface area is 107 Å². The van der Waals surface area contributed by atoms with E-state index in [2.05, 4.69) is 9.44 Å². The Balaban J connectivity index is 2.63. The highest BCUT2D eigenvalue weighted by atomic mass is 32.2. The fourth-order valence-electron chi connectivity index (χ4n) is 1.32. The van der Waals surface area contributed by atoms with Gasteiger partial charge in [-0.05, 0) is 18.1 Å². The lowest BCUT2D eigenvalue weighted by Gasteiger charge is -2.08. The number of rotatable bonds is 7. The molecule has 1 rings (SSSR count). The van der Waals surface area contributed by atoms with Crippen molar-refractivity contribution in [3.63, 3.8) is 0 Å². The fourth-order valence-corrected chi connectivity index (χ4v) is 2.24. The van der Waals surface area contributed by atoms with Gasteiger partial charge in [0.15, 0.2) is 0 Å². The van der Waals surface area contributed by atoms with Crippen LogP contribution in [-0.2, 0) is 23.3 Å². The first-order chi connectivity index (χ1) is 8.48. The molecule has 0 bridgehead atoms. The van der Waals surface area contributed by atoms with Gasteiger partial charge in [-0.3, -0.25) is 0 Å². The minimum atomic E-state index is -3.57. The first kappa shape index (κ1) is 15.0. The van der Waals surface area contributed by atoms with Crippen LogP contribution in [0.3, 0.4) is 0 Å². The minimum Gasteiger partial charge on any atom is -0.326 e. The molecule has 102 valence electrons. The Kier molecular flexibility index (Phi) is 5.67. The molecule has 0 saturated carbocycles. The average Bonchev–Trinajstić information content (AvgIpc) is 2.35. The fraction of sp³-hybridized carbons (Fsp3) is 0.455. The lowest BCUT2D eigenvalue weighted by atomic mass is 10.1. The molecule has 0 unspecified atom stereocenters. The number of hydrogen-bond acceptors (Lipinski definition) is 3. The van der Waals surface area contributed by atoms with E-state index in [9.17, 15) is 12.8 Å². The molecule has 18 heavy (non-hydrogen) atoms. The Hall–Kier alpha value is -1.02. The highest BCUT2D eigenvalue weighted by Crippen LogP contribution is 2.10. The molecule has 0 radical (unpaired) electrons. The van der Waals surface area contributed by atoms with E-state index in [-0.39, 0.29) is 18.7 Å². The van der Waals surface area contributed by atoms with Gasteiger partial charge in [0.2, 0.25) is 0 Å². The van der Waals surface area contributed by atoms with Crippen LogP contribution in [0.2, 0.25) is 0 Å². The zero-order valence-corrected chi connectivity index (χ0v) is 11.1. The molecule has 0 aliphatic heterocycles. The Morgan fingerprint density at radius 2 is 2.06 bits per heavy atom. The largest absolute Gasteiger partial charge is 0.326 e. The monoisotopic (exact) mass is 275 g/mol. The normalized spacial score (nSPS) is 11.7. The van der Waals surface area contributed by atoms with Crippen molar-refractivity contribution in [3.8, 4) is 0 Å². The van der Waals surface area contributed by atoms with Gasteiger partial charge in [-0.15, -0.1) is 0 Å². The number of nitrogens with two attached hydrogens (primary N) is 1. The highest BCUT2D eigenvalue weighted by molar-refractivity contribution is 7.87. The third-order valence-electron chi connectivity index (χ3n) is 2.35. The number of halogens is 1. The molecule has 0 atom stereocenters. The van der Waals surface area contributed by atoms with Crippen molar-refractivity contribution in [2.24, 2.45) is 5.73 Å². The molecule has 5 nitrogen and oxygen atoms in total. The molecule has 0 aliphatic carbocycles. The Bertz CT molecular complexity index is 491. The summed E-state index contributed by atoms with van der Waals surface area (Å²) in [5, 5.41) is 0. The van der Waals surface area contributed by atoms with Crippen LogP contribution in [0, 0.1) is 5.82 Å². The summed E-state index contributed by atoms with van der Waals surface area (Å²) < 4.78 is 41.0. The number of hydrogen-bond donors (Lipinski definition) is 3. The molecule has 0 fully saturated rings. The lowest BCUT2D eigenvalue weighted by molar-refractivity contribution is 0.560. The second-order valence-electron chi connectivity index (χ2n) is 3.85. The van der Waals surface area contributed by atoms with Gasteiger partial charge in [-0.25, -0.2) is 9.11 Å². The summed E-state index contributed by atoms with van der Waals surface area (Å²) in [6, 6.07) is 4.51. The predicted octanol–water partition coefficient (Wildman–Crippen LogP) is 0.618. The molecule has 1 aromatic rings. The van der Waals surface area contributed by atoms with Gasteiger partial charge in [-0.1, -0.05) is 19.1 Å². The molecule has 1 aromatic carbocycles. The molecule has 7 heteroatoms. The molecule has 0 spiro atoms. The molecule has 0 aliphatic rings. The van der Waals surface area contributed by atoms with E-state index in [1.165, 1.54) is 12.1 Å². The third kappa shape index (κ3) is 4.69. The average molecular weight is 275 g/mol. The summed E-state index contributed by atoms with van der Waals surface area (Å²) in [5.41, 5.74) is 6.33. The molecular weight excluding hydrogens is 257 g/mol. The van der Waals surface area contributed by atoms with E-state index >= 15 is 0 Å². The van der Waals surface area contributed by atoms with E-state index in [0.29, 0.717) is 18.5 Å². The minimum absolute atomic E-state index is 0.0876. The van der Waals surface area contributed by atoms with Gasteiger partial charge in [0, 0.05) is 25.2 Å². The van der Waals surface area contributed by atoms with E-state index in [4.69, 9.17) is 5.73 Å². The smallest absolute Gasteiger partial charge is 0.277 e. The molecule has 0 aromatic heterocycles. The Morgan fingerprint density at radius 1 is 1.33 bits per heavy atom. The maximum atomic E-state index is 13.6. The van der Waals surface area contributed by atoms with E-state index in [1.807, 2.05) is 6.92 Å². The van der Waals surface area contributed by atoms with Gasteiger partial charge in [0.1, 0.15) is 5.82 Å². The zero-order valence-electron chi connectivity index (χ0n) is 10.2. The SMILES string of the molecule is CCCNS(=O)(=O)NCc1ccc(CN)cc1F. The molecule has 4 N–H and O–H groups in total. The van der Waals surface area contributed by atoms with Gasteiger partial charge < -0.3 is 5.73 Å². The molecule has 0 saturated heterocycles. The second kappa shape index (κ2) is 6.79. The third-order valence-corrected chi connectivity index (χ3v) is 3.46. The van der Waals surface area contributed by atoms with Gasteiger partial charge in [0.05, 0.1) is 0 Å². The topological polar surface area (TPSA) is 84.2 Å². The van der Waals surface area contributed by atoms with Crippen molar-refractivity contribution in [3.05, 3.63) is 35.1 Å². The Morgan fingerprint density at radius 3 is 2.61 bits per heavy atom. The lowest BCUT2D eigenvalue weighted by Crippen LogP contribution is -2.36. The summed E-state index contributed by atoms with van der Waals surface area (Å²) in [6.45, 7) is 2.37. The van der Waals surface area contributed by atoms with Gasteiger partial charge in [0.25, 0.3) is 10.2 Å². The van der Waals surface area contributed by atoms with Crippen LogP contribution in [0.5, 0.6) is 0 Å². The maximum absolute atomic E-state index is 13.6. The number of nitrogens with one attached hydrogen (secondary N) is 2. The predicted molar refractivity (Wildman–Crippen MR) is 68.3 cm³/mol. The maximum Gasteiger partial charge on any atom is 0.277 e. The summed E-state index contributed by atoms with van der Waals surface area (Å²) in [6.07, 6.45) is 0.695. The van der Waals surface area contributed by atoms with Crippen molar-refractivity contribution >= 4 is 10.2 Å². The van der Waals surface area contributed by atoms with Crippen molar-refractivity contribution in [2.45, 2.75) is 26.4 Å². The molecule has 0 amide bonds. The van der Waals surface area contributed by atoms with Crippen molar-refractivity contribution in [1.29, 1.82) is 0 Å². The quantitative estimate of drug-likeness (QED) is 0.682. The number of benzene rings is 1. The van der Waals surface area contributed by atoms with Crippen molar-refractivity contribution in [2.75, 3.05) is 6.54 Å². The first-order valence-electron chi connectivity index (χ1n) is 5.70. The van der Waals surface area contributed by atoms with Crippen LogP contribution < -0.4 is 15.2 Å². The standard InChI is InChI=1S/C11H18FN3O2S/c1-2-5-14-18(16,17)15-8-10-4-3-9(7-13)6-11(10)12/h3-4,6,14-15H,2,5,7-8,13H2,1H3. The van der Waals surface area contributed by atoms with Crippen LogP contribution in [0.4, 0.5) is 4.39 Å². The van der Waals surface area contributed by atoms with Crippen molar-refractivity contribution < 1.29 is 12.8 Å². The van der Waals surface area contributed by atoms with Crippen molar-refractivity contribution in [1.82, 2.24) is 9.44 Å². The summed E-state index contributed by atoms with van der Waals surface area (Å²) in [4.78, 5) is 0. The summed E-state index contributed by atoms with van der Waals surface area (Å²) >= 11 is 0. The summed E-state index contributed by atoms with van der Waals surface area (Å²) in [7, 11) is -3.57. The van der Waals surface area contributed by atoms with E-state index in [1.54, 1.807) is 6.07 Å². The molecule has 0 heterocycles. The van der Waals surface area contributed by atoms with Gasteiger partial charge >= 0.3 is 0 Å². The zero-order chi connectivity index (χ0) is 13.6. The molecular formula is C11H18FN3O2S. The van der Waals surface area contributed by atoms with Crippen LogP contribution in [0.25, 0.3) is 0 Å².